The molecule has 3 rings (SSSR count). The second-order valence-corrected chi connectivity index (χ2v) is 5.01. The van der Waals surface area contributed by atoms with E-state index in [1.807, 2.05) is 0 Å². The lowest BCUT2D eigenvalue weighted by molar-refractivity contribution is 0.0508. The number of aromatic nitrogens is 2. The van der Waals surface area contributed by atoms with Crippen molar-refractivity contribution in [2.75, 3.05) is 13.7 Å². The molecule has 1 heterocycles. The average Bonchev–Trinajstić information content (AvgIpc) is 2.62. The van der Waals surface area contributed by atoms with Crippen molar-refractivity contribution in [3.63, 3.8) is 0 Å². The van der Waals surface area contributed by atoms with Gasteiger partial charge in [0.2, 0.25) is 5.82 Å². The van der Waals surface area contributed by atoms with Crippen LogP contribution in [0, 0.1) is 0 Å². The molecule has 0 radical (unpaired) electrons. The normalized spacial score (nSPS) is 10.6. The Morgan fingerprint density at radius 3 is 2.50 bits per heavy atom. The van der Waals surface area contributed by atoms with E-state index >= 15 is 0 Å². The fourth-order valence-corrected chi connectivity index (χ4v) is 2.44. The largest absolute Gasteiger partial charge is 0.497 e. The molecule has 0 atom stereocenters. The zero-order valence-electron chi connectivity index (χ0n) is 13.4. The highest BCUT2D eigenvalue weighted by molar-refractivity contribution is 5.89. The molecule has 6 nitrogen and oxygen atoms in total. The summed E-state index contributed by atoms with van der Waals surface area (Å²) in [6, 6.07) is 13.7. The summed E-state index contributed by atoms with van der Waals surface area (Å²) in [4.78, 5) is 29.5. The van der Waals surface area contributed by atoms with Gasteiger partial charge in [-0.05, 0) is 43.3 Å². The van der Waals surface area contributed by atoms with E-state index < -0.39 is 5.97 Å². The van der Waals surface area contributed by atoms with Gasteiger partial charge in [0.05, 0.1) is 30.3 Å². The van der Waals surface area contributed by atoms with Gasteiger partial charge in [0.15, 0.2) is 0 Å². The van der Waals surface area contributed by atoms with Crippen molar-refractivity contribution >= 4 is 16.9 Å². The number of para-hydroxylation sites is 1. The van der Waals surface area contributed by atoms with Crippen molar-refractivity contribution in [3.05, 3.63) is 64.7 Å². The number of hydrogen-bond donors (Lipinski definition) is 0. The number of carbonyl (C=O) groups excluding carboxylic acids is 1. The molecule has 0 aliphatic rings. The zero-order chi connectivity index (χ0) is 17.1. The molecule has 0 amide bonds. The summed E-state index contributed by atoms with van der Waals surface area (Å²) in [5.41, 5.74) is 0.645. The third-order valence-corrected chi connectivity index (χ3v) is 3.56. The first-order valence-corrected chi connectivity index (χ1v) is 7.49. The van der Waals surface area contributed by atoms with Crippen LogP contribution in [0.15, 0.2) is 53.3 Å². The van der Waals surface area contributed by atoms with Crippen molar-refractivity contribution in [2.45, 2.75) is 6.92 Å². The minimum Gasteiger partial charge on any atom is -0.497 e. The summed E-state index contributed by atoms with van der Waals surface area (Å²) >= 11 is 0. The molecule has 0 spiro atoms. The molecular weight excluding hydrogens is 308 g/mol. The highest BCUT2D eigenvalue weighted by Gasteiger charge is 2.19. The molecule has 0 aliphatic heterocycles. The SMILES string of the molecule is CCOC(=O)c1nc2ccccc2c(=O)n1-c1ccc(OC)cc1. The van der Waals surface area contributed by atoms with Gasteiger partial charge in [0.1, 0.15) is 5.75 Å². The Kier molecular flexibility index (Phi) is 4.29. The number of hydrogen-bond acceptors (Lipinski definition) is 5. The highest BCUT2D eigenvalue weighted by Crippen LogP contribution is 2.17. The van der Waals surface area contributed by atoms with Crippen LogP contribution in [-0.2, 0) is 4.74 Å². The second-order valence-electron chi connectivity index (χ2n) is 5.01. The molecule has 1 aromatic heterocycles. The van der Waals surface area contributed by atoms with Gasteiger partial charge in [-0.2, -0.15) is 0 Å². The van der Waals surface area contributed by atoms with E-state index in [2.05, 4.69) is 4.98 Å². The van der Waals surface area contributed by atoms with Crippen LogP contribution in [-0.4, -0.2) is 29.2 Å². The molecule has 122 valence electrons. The van der Waals surface area contributed by atoms with E-state index in [4.69, 9.17) is 9.47 Å². The predicted molar refractivity (Wildman–Crippen MR) is 89.8 cm³/mol. The topological polar surface area (TPSA) is 70.4 Å². The van der Waals surface area contributed by atoms with E-state index in [9.17, 15) is 9.59 Å². The van der Waals surface area contributed by atoms with E-state index in [-0.39, 0.29) is 18.0 Å². The zero-order valence-corrected chi connectivity index (χ0v) is 13.4. The molecule has 3 aromatic rings. The van der Waals surface area contributed by atoms with Gasteiger partial charge >= 0.3 is 5.97 Å². The van der Waals surface area contributed by atoms with E-state index in [0.717, 1.165) is 0 Å². The third kappa shape index (κ3) is 2.74. The monoisotopic (exact) mass is 324 g/mol. The fraction of sp³-hybridized carbons (Fsp3) is 0.167. The van der Waals surface area contributed by atoms with Crippen molar-refractivity contribution in [3.8, 4) is 11.4 Å². The summed E-state index contributed by atoms with van der Waals surface area (Å²) in [6.45, 7) is 1.90. The number of rotatable bonds is 4. The Labute approximate surface area is 138 Å². The molecular formula is C18H16N2O4. The summed E-state index contributed by atoms with van der Waals surface area (Å²) in [6.07, 6.45) is 0. The van der Waals surface area contributed by atoms with Gasteiger partial charge in [-0.3, -0.25) is 9.36 Å². The van der Waals surface area contributed by atoms with Crippen LogP contribution in [0.25, 0.3) is 16.6 Å². The van der Waals surface area contributed by atoms with Gasteiger partial charge in [-0.1, -0.05) is 12.1 Å². The smallest absolute Gasteiger partial charge is 0.375 e. The van der Waals surface area contributed by atoms with Crippen LogP contribution in [0.5, 0.6) is 5.75 Å². The molecule has 0 bridgehead atoms. The maximum atomic E-state index is 12.9. The van der Waals surface area contributed by atoms with Crippen LogP contribution in [0.2, 0.25) is 0 Å². The molecule has 0 fully saturated rings. The summed E-state index contributed by atoms with van der Waals surface area (Å²) in [7, 11) is 1.56. The van der Waals surface area contributed by atoms with Crippen LogP contribution < -0.4 is 10.3 Å². The summed E-state index contributed by atoms with van der Waals surface area (Å²) < 4.78 is 11.4. The maximum Gasteiger partial charge on any atom is 0.375 e. The van der Waals surface area contributed by atoms with Crippen LogP contribution >= 0.6 is 0 Å². The Morgan fingerprint density at radius 1 is 1.12 bits per heavy atom. The summed E-state index contributed by atoms with van der Waals surface area (Å²) in [5, 5.41) is 0.432. The van der Waals surface area contributed by atoms with E-state index in [1.54, 1.807) is 62.6 Å². The predicted octanol–water partition coefficient (Wildman–Crippen LogP) is 2.57. The number of fused-ring (bicyclic) bond motifs is 1. The lowest BCUT2D eigenvalue weighted by Gasteiger charge is -2.13. The van der Waals surface area contributed by atoms with Gasteiger partial charge < -0.3 is 9.47 Å². The molecule has 0 unspecified atom stereocenters. The minimum absolute atomic E-state index is 0.0503. The first-order valence-electron chi connectivity index (χ1n) is 7.49. The third-order valence-electron chi connectivity index (χ3n) is 3.56. The molecule has 0 saturated heterocycles. The quantitative estimate of drug-likeness (QED) is 0.690. The van der Waals surface area contributed by atoms with Crippen molar-refractivity contribution in [2.24, 2.45) is 0 Å². The molecule has 0 saturated carbocycles. The number of esters is 1. The van der Waals surface area contributed by atoms with Gasteiger partial charge in [0, 0.05) is 0 Å². The lowest BCUT2D eigenvalue weighted by atomic mass is 10.2. The molecule has 2 aromatic carbocycles. The average molecular weight is 324 g/mol. The van der Waals surface area contributed by atoms with Crippen molar-refractivity contribution in [1.29, 1.82) is 0 Å². The molecule has 6 heteroatoms. The highest BCUT2D eigenvalue weighted by atomic mass is 16.5. The Bertz CT molecular complexity index is 945. The number of benzene rings is 2. The standard InChI is InChI=1S/C18H16N2O4/c1-3-24-18(22)16-19-15-7-5-4-6-14(15)17(21)20(16)12-8-10-13(23-2)11-9-12/h4-11H,3H2,1-2H3. The van der Waals surface area contributed by atoms with Crippen molar-refractivity contribution in [1.82, 2.24) is 9.55 Å². The Hall–Kier alpha value is -3.15. The Balaban J connectivity index is 2.30. The lowest BCUT2D eigenvalue weighted by Crippen LogP contribution is -2.27. The van der Waals surface area contributed by atoms with E-state index in [1.165, 1.54) is 4.57 Å². The van der Waals surface area contributed by atoms with Gasteiger partial charge in [-0.15, -0.1) is 0 Å². The van der Waals surface area contributed by atoms with Crippen LogP contribution in [0.1, 0.15) is 17.5 Å². The second kappa shape index (κ2) is 6.54. The molecule has 24 heavy (non-hydrogen) atoms. The van der Waals surface area contributed by atoms with Crippen LogP contribution in [0.3, 0.4) is 0 Å². The molecule has 0 N–H and O–H groups in total. The number of nitrogens with zero attached hydrogens (tertiary/aromatic N) is 2. The number of carbonyl (C=O) groups is 1. The van der Waals surface area contributed by atoms with E-state index in [0.29, 0.717) is 22.3 Å². The maximum absolute atomic E-state index is 12.9. The minimum atomic E-state index is -0.642. The van der Waals surface area contributed by atoms with Gasteiger partial charge in [0.25, 0.3) is 5.56 Å². The summed E-state index contributed by atoms with van der Waals surface area (Å²) in [5.74, 6) is -0.0416. The number of methoxy groups -OCH3 is 1. The number of ether oxygens (including phenoxy) is 2. The molecule has 0 aliphatic carbocycles. The first-order chi connectivity index (χ1) is 11.7. The fourth-order valence-electron chi connectivity index (χ4n) is 2.44. The van der Waals surface area contributed by atoms with Crippen LogP contribution in [0.4, 0.5) is 0 Å². The van der Waals surface area contributed by atoms with Gasteiger partial charge in [-0.25, -0.2) is 9.78 Å². The Morgan fingerprint density at radius 2 is 1.83 bits per heavy atom. The van der Waals surface area contributed by atoms with Crippen molar-refractivity contribution < 1.29 is 14.3 Å². The first kappa shape index (κ1) is 15.7.